The minimum absolute atomic E-state index is 0.0766. The monoisotopic (exact) mass is 190 g/mol. The molecule has 14 heavy (non-hydrogen) atoms. The number of carbonyl (C=O) groups excluding carboxylic acids is 1. The molecule has 0 atom stereocenters. The Hall–Kier alpha value is -1.77. The second-order valence-electron chi connectivity index (χ2n) is 2.83. The van der Waals surface area contributed by atoms with Crippen LogP contribution in [0.25, 0.3) is 0 Å². The van der Waals surface area contributed by atoms with E-state index in [4.69, 9.17) is 0 Å². The van der Waals surface area contributed by atoms with Crippen LogP contribution in [0.15, 0.2) is 36.9 Å². The number of hydrogen-bond donors (Lipinski definition) is 2. The third-order valence-electron chi connectivity index (χ3n) is 1.80. The van der Waals surface area contributed by atoms with Crippen molar-refractivity contribution in [1.82, 2.24) is 5.32 Å². The fraction of sp³-hybridized carbons (Fsp3) is 0.182. The van der Waals surface area contributed by atoms with Gasteiger partial charge in [-0.1, -0.05) is 12.1 Å². The molecule has 0 radical (unpaired) electrons. The smallest absolute Gasteiger partial charge is 0.251 e. The summed E-state index contributed by atoms with van der Waals surface area (Å²) < 4.78 is 0. The van der Waals surface area contributed by atoms with Crippen molar-refractivity contribution in [3.05, 3.63) is 42.5 Å². The highest BCUT2D eigenvalue weighted by molar-refractivity contribution is 5.94. The van der Waals surface area contributed by atoms with Crippen LogP contribution in [0.1, 0.15) is 10.4 Å². The first kappa shape index (κ1) is 10.3. The van der Waals surface area contributed by atoms with E-state index >= 15 is 0 Å². The Bertz CT molecular complexity index is 334. The third-order valence-corrected chi connectivity index (χ3v) is 1.80. The van der Waals surface area contributed by atoms with E-state index in [1.165, 1.54) is 0 Å². The van der Waals surface area contributed by atoms with E-state index in [1.54, 1.807) is 19.2 Å². The zero-order chi connectivity index (χ0) is 10.4. The summed E-state index contributed by atoms with van der Waals surface area (Å²) in [5.74, 6) is -0.0766. The van der Waals surface area contributed by atoms with E-state index in [0.717, 1.165) is 5.69 Å². The Balaban J connectivity index is 2.78. The van der Waals surface area contributed by atoms with Gasteiger partial charge in [0.1, 0.15) is 0 Å². The lowest BCUT2D eigenvalue weighted by atomic mass is 10.2. The van der Waals surface area contributed by atoms with Crippen molar-refractivity contribution in [2.24, 2.45) is 0 Å². The van der Waals surface area contributed by atoms with Gasteiger partial charge in [-0.25, -0.2) is 0 Å². The molecule has 3 heteroatoms. The maximum atomic E-state index is 11.3. The topological polar surface area (TPSA) is 41.1 Å². The lowest BCUT2D eigenvalue weighted by molar-refractivity contribution is 0.0963. The summed E-state index contributed by atoms with van der Waals surface area (Å²) >= 11 is 0. The zero-order valence-corrected chi connectivity index (χ0v) is 8.21. The first-order valence-electron chi connectivity index (χ1n) is 4.45. The molecular formula is C11H14N2O. The van der Waals surface area contributed by atoms with Crippen LogP contribution in [-0.2, 0) is 0 Å². The van der Waals surface area contributed by atoms with Crippen LogP contribution in [-0.4, -0.2) is 19.5 Å². The summed E-state index contributed by atoms with van der Waals surface area (Å²) in [4.78, 5) is 11.3. The van der Waals surface area contributed by atoms with Crippen molar-refractivity contribution in [3.8, 4) is 0 Å². The van der Waals surface area contributed by atoms with Crippen LogP contribution in [0, 0.1) is 0 Å². The largest absolute Gasteiger partial charge is 0.382 e. The molecule has 2 N–H and O–H groups in total. The van der Waals surface area contributed by atoms with Gasteiger partial charge in [0.25, 0.3) is 5.91 Å². The SMILES string of the molecule is C=CCNc1cccc(C(=O)NC)c1. The molecule has 1 aromatic rings. The van der Waals surface area contributed by atoms with Crippen molar-refractivity contribution in [2.45, 2.75) is 0 Å². The zero-order valence-electron chi connectivity index (χ0n) is 8.21. The van der Waals surface area contributed by atoms with Crippen molar-refractivity contribution < 1.29 is 4.79 Å². The van der Waals surface area contributed by atoms with Crippen LogP contribution >= 0.6 is 0 Å². The van der Waals surface area contributed by atoms with E-state index in [9.17, 15) is 4.79 Å². The number of benzene rings is 1. The molecule has 74 valence electrons. The summed E-state index contributed by atoms with van der Waals surface area (Å²) in [5.41, 5.74) is 1.58. The highest BCUT2D eigenvalue weighted by atomic mass is 16.1. The third kappa shape index (κ3) is 2.62. The Morgan fingerprint density at radius 1 is 1.57 bits per heavy atom. The lowest BCUT2D eigenvalue weighted by Crippen LogP contribution is -2.17. The molecular weight excluding hydrogens is 176 g/mol. The van der Waals surface area contributed by atoms with Crippen molar-refractivity contribution in [3.63, 3.8) is 0 Å². The summed E-state index contributed by atoms with van der Waals surface area (Å²) in [6.45, 7) is 4.30. The molecule has 0 saturated carbocycles. The Labute approximate surface area is 83.8 Å². The first-order chi connectivity index (χ1) is 6.77. The van der Waals surface area contributed by atoms with Gasteiger partial charge in [-0.2, -0.15) is 0 Å². The number of amides is 1. The van der Waals surface area contributed by atoms with Gasteiger partial charge < -0.3 is 10.6 Å². The van der Waals surface area contributed by atoms with Crippen molar-refractivity contribution >= 4 is 11.6 Å². The molecule has 1 amide bonds. The molecule has 0 aromatic heterocycles. The molecule has 1 aromatic carbocycles. The van der Waals surface area contributed by atoms with Crippen LogP contribution in [0.5, 0.6) is 0 Å². The Morgan fingerprint density at radius 3 is 3.00 bits per heavy atom. The quantitative estimate of drug-likeness (QED) is 0.709. The van der Waals surface area contributed by atoms with Gasteiger partial charge in [-0.05, 0) is 18.2 Å². The highest BCUT2D eigenvalue weighted by Gasteiger charge is 2.02. The lowest BCUT2D eigenvalue weighted by Gasteiger charge is -2.05. The fourth-order valence-corrected chi connectivity index (χ4v) is 1.10. The standard InChI is InChI=1S/C11H14N2O/c1-3-7-13-10-6-4-5-9(8-10)11(14)12-2/h3-6,8,13H,1,7H2,2H3,(H,12,14). The number of carbonyl (C=O) groups is 1. The maximum Gasteiger partial charge on any atom is 0.251 e. The second-order valence-corrected chi connectivity index (χ2v) is 2.83. The van der Waals surface area contributed by atoms with Crippen molar-refractivity contribution in [1.29, 1.82) is 0 Å². The number of anilines is 1. The maximum absolute atomic E-state index is 11.3. The first-order valence-corrected chi connectivity index (χ1v) is 4.45. The molecule has 0 aliphatic heterocycles. The number of nitrogens with one attached hydrogen (secondary N) is 2. The summed E-state index contributed by atoms with van der Waals surface area (Å²) in [6.07, 6.45) is 1.77. The molecule has 0 spiro atoms. The number of rotatable bonds is 4. The summed E-state index contributed by atoms with van der Waals surface area (Å²) in [7, 11) is 1.62. The van der Waals surface area contributed by atoms with Gasteiger partial charge in [0.2, 0.25) is 0 Å². The average molecular weight is 190 g/mol. The van der Waals surface area contributed by atoms with Crippen LogP contribution in [0.2, 0.25) is 0 Å². The highest BCUT2D eigenvalue weighted by Crippen LogP contribution is 2.09. The average Bonchev–Trinajstić information content (AvgIpc) is 2.25. The van der Waals surface area contributed by atoms with Gasteiger partial charge >= 0.3 is 0 Å². The molecule has 0 aliphatic rings. The number of hydrogen-bond acceptors (Lipinski definition) is 2. The van der Waals surface area contributed by atoms with E-state index < -0.39 is 0 Å². The molecule has 3 nitrogen and oxygen atoms in total. The van der Waals surface area contributed by atoms with Crippen LogP contribution in [0.3, 0.4) is 0 Å². The molecule has 0 unspecified atom stereocenters. The fourth-order valence-electron chi connectivity index (χ4n) is 1.10. The minimum Gasteiger partial charge on any atom is -0.382 e. The van der Waals surface area contributed by atoms with E-state index in [0.29, 0.717) is 12.1 Å². The van der Waals surface area contributed by atoms with E-state index in [1.807, 2.05) is 18.2 Å². The van der Waals surface area contributed by atoms with Crippen LogP contribution < -0.4 is 10.6 Å². The normalized spacial score (nSPS) is 9.21. The molecule has 1 rings (SSSR count). The van der Waals surface area contributed by atoms with Gasteiger partial charge in [0.05, 0.1) is 0 Å². The van der Waals surface area contributed by atoms with E-state index in [2.05, 4.69) is 17.2 Å². The molecule has 0 bridgehead atoms. The molecule has 0 fully saturated rings. The summed E-state index contributed by atoms with van der Waals surface area (Å²) in [6, 6.07) is 7.34. The molecule has 0 heterocycles. The van der Waals surface area contributed by atoms with Gasteiger partial charge in [-0.3, -0.25) is 4.79 Å². The van der Waals surface area contributed by atoms with Gasteiger partial charge in [-0.15, -0.1) is 6.58 Å². The summed E-state index contributed by atoms with van der Waals surface area (Å²) in [5, 5.41) is 5.69. The van der Waals surface area contributed by atoms with Crippen molar-refractivity contribution in [2.75, 3.05) is 18.9 Å². The molecule has 0 aliphatic carbocycles. The Kier molecular flexibility index (Phi) is 3.73. The predicted molar refractivity (Wildman–Crippen MR) is 58.5 cm³/mol. The van der Waals surface area contributed by atoms with Gasteiger partial charge in [0.15, 0.2) is 0 Å². The van der Waals surface area contributed by atoms with E-state index in [-0.39, 0.29) is 5.91 Å². The van der Waals surface area contributed by atoms with Crippen LogP contribution in [0.4, 0.5) is 5.69 Å². The molecule has 0 saturated heterocycles. The Morgan fingerprint density at radius 2 is 2.36 bits per heavy atom. The second kappa shape index (κ2) is 5.07. The predicted octanol–water partition coefficient (Wildman–Crippen LogP) is 1.64. The van der Waals surface area contributed by atoms with Gasteiger partial charge in [0, 0.05) is 24.8 Å². The minimum atomic E-state index is -0.0766.